The molecule has 1 atom stereocenters. The molecule has 6 nitrogen and oxygen atoms in total. The molecule has 0 saturated carbocycles. The number of rotatable bonds is 7. The summed E-state index contributed by atoms with van der Waals surface area (Å²) in [5.41, 5.74) is -0.709. The average molecular weight is 391 g/mol. The van der Waals surface area contributed by atoms with Crippen LogP contribution >= 0.6 is 0 Å². The Labute approximate surface area is 160 Å². The molecular formula is C20H25NO5S. The molecule has 7 heteroatoms. The van der Waals surface area contributed by atoms with E-state index in [4.69, 9.17) is 9.47 Å². The maximum atomic E-state index is 12.6. The minimum Gasteiger partial charge on any atom is -0.493 e. The molecule has 0 spiro atoms. The van der Waals surface area contributed by atoms with Crippen LogP contribution in [0.4, 0.5) is 0 Å². The molecule has 2 aromatic rings. The van der Waals surface area contributed by atoms with Gasteiger partial charge in [0.1, 0.15) is 17.1 Å². The average Bonchev–Trinajstić information content (AvgIpc) is 2.66. The summed E-state index contributed by atoms with van der Waals surface area (Å²) in [6.07, 6.45) is 0.314. The topological polar surface area (TPSA) is 84.9 Å². The summed E-state index contributed by atoms with van der Waals surface area (Å²) in [4.78, 5) is 0.128. The van der Waals surface area contributed by atoms with Crippen LogP contribution in [0.5, 0.6) is 11.5 Å². The van der Waals surface area contributed by atoms with Gasteiger partial charge in [-0.3, -0.25) is 0 Å². The van der Waals surface area contributed by atoms with Crippen molar-refractivity contribution >= 4 is 10.0 Å². The molecule has 1 heterocycles. The zero-order valence-corrected chi connectivity index (χ0v) is 16.3. The summed E-state index contributed by atoms with van der Waals surface area (Å²) in [7, 11) is -3.75. The quantitative estimate of drug-likeness (QED) is 0.758. The van der Waals surface area contributed by atoms with Crippen molar-refractivity contribution in [2.75, 3.05) is 19.8 Å². The van der Waals surface area contributed by atoms with Gasteiger partial charge in [0.2, 0.25) is 10.0 Å². The predicted octanol–water partition coefficient (Wildman–Crippen LogP) is 2.67. The Balaban J connectivity index is 1.70. The van der Waals surface area contributed by atoms with Gasteiger partial charge in [0.15, 0.2) is 0 Å². The summed E-state index contributed by atoms with van der Waals surface area (Å²) in [5.74, 6) is 1.59. The van der Waals surface area contributed by atoms with Crippen molar-refractivity contribution in [1.82, 2.24) is 4.72 Å². The molecule has 0 radical (unpaired) electrons. The Morgan fingerprint density at radius 1 is 1.19 bits per heavy atom. The Hall–Kier alpha value is -2.09. The van der Waals surface area contributed by atoms with E-state index in [-0.39, 0.29) is 11.4 Å². The Bertz CT molecular complexity index is 880. The molecule has 2 aromatic carbocycles. The van der Waals surface area contributed by atoms with Gasteiger partial charge in [-0.2, -0.15) is 0 Å². The third kappa shape index (κ3) is 4.61. The third-order valence-electron chi connectivity index (χ3n) is 4.43. The first kappa shape index (κ1) is 19.7. The number of hydrogen-bond donors (Lipinski definition) is 2. The number of aliphatic hydroxyl groups is 1. The molecule has 1 aliphatic rings. The third-order valence-corrected chi connectivity index (χ3v) is 5.85. The van der Waals surface area contributed by atoms with Crippen molar-refractivity contribution in [3.05, 3.63) is 54.1 Å². The van der Waals surface area contributed by atoms with E-state index < -0.39 is 15.6 Å². The van der Waals surface area contributed by atoms with Crippen molar-refractivity contribution in [1.29, 1.82) is 0 Å². The molecule has 2 N–H and O–H groups in total. The van der Waals surface area contributed by atoms with Gasteiger partial charge in [-0.05, 0) is 36.2 Å². The standard InChI is InChI=1S/C20H25NO5S/c1-15(2)13-26-16-7-9-17(10-8-16)27(23,24)21-14-20(22)11-12-25-19-6-4-3-5-18(19)20/h3-10,15,21-22H,11-14H2,1-2H3. The van der Waals surface area contributed by atoms with E-state index in [1.165, 1.54) is 12.1 Å². The maximum absolute atomic E-state index is 12.6. The molecule has 0 amide bonds. The van der Waals surface area contributed by atoms with E-state index >= 15 is 0 Å². The Morgan fingerprint density at radius 3 is 2.59 bits per heavy atom. The molecule has 1 aliphatic heterocycles. The largest absolute Gasteiger partial charge is 0.493 e. The SMILES string of the molecule is CC(C)COc1ccc(S(=O)(=O)NCC2(O)CCOc3ccccc32)cc1. The summed E-state index contributed by atoms with van der Waals surface area (Å²) in [6.45, 7) is 4.86. The van der Waals surface area contributed by atoms with Crippen LogP contribution < -0.4 is 14.2 Å². The summed E-state index contributed by atoms with van der Waals surface area (Å²) >= 11 is 0. The second-order valence-corrected chi connectivity index (χ2v) is 8.89. The van der Waals surface area contributed by atoms with Gasteiger partial charge >= 0.3 is 0 Å². The number of ether oxygens (including phenoxy) is 2. The number of para-hydroxylation sites is 1. The van der Waals surface area contributed by atoms with Crippen LogP contribution in [0.25, 0.3) is 0 Å². The number of sulfonamides is 1. The minimum absolute atomic E-state index is 0.124. The second-order valence-electron chi connectivity index (χ2n) is 7.13. The highest BCUT2D eigenvalue weighted by Crippen LogP contribution is 2.36. The lowest BCUT2D eigenvalue weighted by molar-refractivity contribution is 0.00219. The first-order chi connectivity index (χ1) is 12.8. The zero-order valence-electron chi connectivity index (χ0n) is 15.5. The lowest BCUT2D eigenvalue weighted by atomic mass is 9.88. The first-order valence-corrected chi connectivity index (χ1v) is 10.5. The maximum Gasteiger partial charge on any atom is 0.240 e. The number of hydrogen-bond acceptors (Lipinski definition) is 5. The number of benzene rings is 2. The van der Waals surface area contributed by atoms with Gasteiger partial charge in [0, 0.05) is 18.5 Å². The van der Waals surface area contributed by atoms with Gasteiger partial charge in [-0.1, -0.05) is 32.0 Å². The lowest BCUT2D eigenvalue weighted by Crippen LogP contribution is -2.43. The van der Waals surface area contributed by atoms with E-state index in [2.05, 4.69) is 4.72 Å². The second kappa shape index (κ2) is 7.88. The molecular weight excluding hydrogens is 366 g/mol. The van der Waals surface area contributed by atoms with Crippen LogP contribution in [0.1, 0.15) is 25.8 Å². The number of nitrogens with one attached hydrogen (secondary N) is 1. The van der Waals surface area contributed by atoms with Crippen molar-refractivity contribution < 1.29 is 23.0 Å². The monoisotopic (exact) mass is 391 g/mol. The molecule has 3 rings (SSSR count). The first-order valence-electron chi connectivity index (χ1n) is 8.97. The van der Waals surface area contributed by atoms with E-state index in [0.29, 0.717) is 42.6 Å². The molecule has 0 fully saturated rings. The van der Waals surface area contributed by atoms with Crippen LogP contribution in [0.3, 0.4) is 0 Å². The van der Waals surface area contributed by atoms with Crippen molar-refractivity contribution in [3.63, 3.8) is 0 Å². The Kier molecular flexibility index (Phi) is 5.74. The molecule has 0 aromatic heterocycles. The van der Waals surface area contributed by atoms with E-state index in [1.807, 2.05) is 19.9 Å². The van der Waals surface area contributed by atoms with E-state index in [9.17, 15) is 13.5 Å². The molecule has 0 saturated heterocycles. The summed E-state index contributed by atoms with van der Waals surface area (Å²) in [5, 5.41) is 11.0. The van der Waals surface area contributed by atoms with Crippen molar-refractivity contribution in [2.45, 2.75) is 30.8 Å². The van der Waals surface area contributed by atoms with Crippen LogP contribution in [0.15, 0.2) is 53.4 Å². The smallest absolute Gasteiger partial charge is 0.240 e. The highest BCUT2D eigenvalue weighted by molar-refractivity contribution is 7.89. The van der Waals surface area contributed by atoms with Crippen LogP contribution in [0, 0.1) is 5.92 Å². The highest BCUT2D eigenvalue weighted by Gasteiger charge is 2.36. The summed E-state index contributed by atoms with van der Waals surface area (Å²) < 4.78 is 38.9. The molecule has 1 unspecified atom stereocenters. The minimum atomic E-state index is -3.75. The molecule has 27 heavy (non-hydrogen) atoms. The Morgan fingerprint density at radius 2 is 1.89 bits per heavy atom. The molecule has 0 bridgehead atoms. The van der Waals surface area contributed by atoms with Crippen LogP contribution in [-0.2, 0) is 15.6 Å². The van der Waals surface area contributed by atoms with Gasteiger partial charge in [-0.15, -0.1) is 0 Å². The van der Waals surface area contributed by atoms with Crippen molar-refractivity contribution in [2.24, 2.45) is 5.92 Å². The lowest BCUT2D eigenvalue weighted by Gasteiger charge is -2.34. The van der Waals surface area contributed by atoms with Crippen LogP contribution in [-0.4, -0.2) is 33.3 Å². The normalized spacial score (nSPS) is 19.4. The number of fused-ring (bicyclic) bond motifs is 1. The van der Waals surface area contributed by atoms with Crippen LogP contribution in [0.2, 0.25) is 0 Å². The fourth-order valence-corrected chi connectivity index (χ4v) is 3.99. The van der Waals surface area contributed by atoms with Gasteiger partial charge in [0.25, 0.3) is 0 Å². The van der Waals surface area contributed by atoms with Gasteiger partial charge in [0.05, 0.1) is 18.1 Å². The molecule has 0 aliphatic carbocycles. The fourth-order valence-electron chi connectivity index (χ4n) is 2.90. The van der Waals surface area contributed by atoms with E-state index in [1.54, 1.807) is 30.3 Å². The molecule has 146 valence electrons. The summed E-state index contributed by atoms with van der Waals surface area (Å²) in [6, 6.07) is 13.4. The van der Waals surface area contributed by atoms with Gasteiger partial charge in [-0.25, -0.2) is 13.1 Å². The zero-order chi connectivity index (χ0) is 19.5. The van der Waals surface area contributed by atoms with Gasteiger partial charge < -0.3 is 14.6 Å². The fraction of sp³-hybridized carbons (Fsp3) is 0.400. The predicted molar refractivity (Wildman–Crippen MR) is 102 cm³/mol. The van der Waals surface area contributed by atoms with Crippen molar-refractivity contribution in [3.8, 4) is 11.5 Å². The van der Waals surface area contributed by atoms with E-state index in [0.717, 1.165) is 0 Å². The highest BCUT2D eigenvalue weighted by atomic mass is 32.2.